The summed E-state index contributed by atoms with van der Waals surface area (Å²) in [6.45, 7) is 1.05. The number of benzene rings is 1. The van der Waals surface area contributed by atoms with Gasteiger partial charge in [0, 0.05) is 5.56 Å². The number of carbonyl (C=O) groups is 1. The fourth-order valence-electron chi connectivity index (χ4n) is 2.90. The van der Waals surface area contributed by atoms with Gasteiger partial charge in [-0.3, -0.25) is 4.79 Å². The quantitative estimate of drug-likeness (QED) is 0.853. The third-order valence-corrected chi connectivity index (χ3v) is 4.54. The van der Waals surface area contributed by atoms with Gasteiger partial charge in [-0.15, -0.1) is 0 Å². The molecule has 26 heavy (non-hydrogen) atoms. The van der Waals surface area contributed by atoms with Gasteiger partial charge in [-0.25, -0.2) is 9.97 Å². The first-order valence-electron chi connectivity index (χ1n) is 8.77. The molecule has 1 aromatic heterocycles. The second-order valence-electron chi connectivity index (χ2n) is 6.63. The normalized spacial score (nSPS) is 18.4. The molecule has 0 bridgehead atoms. The summed E-state index contributed by atoms with van der Waals surface area (Å²) in [5, 5.41) is 2.95. The molecule has 1 aromatic carbocycles. The lowest BCUT2D eigenvalue weighted by molar-refractivity contribution is 0.0909. The Hall–Kier alpha value is -2.83. The second-order valence-corrected chi connectivity index (χ2v) is 6.63. The monoisotopic (exact) mass is 355 g/mol. The minimum absolute atomic E-state index is 0.130. The van der Waals surface area contributed by atoms with E-state index in [2.05, 4.69) is 15.3 Å². The van der Waals surface area contributed by atoms with E-state index in [0.717, 1.165) is 11.3 Å². The van der Waals surface area contributed by atoms with Crippen LogP contribution >= 0.6 is 0 Å². The molecule has 2 heterocycles. The van der Waals surface area contributed by atoms with Crippen LogP contribution in [0.3, 0.4) is 0 Å². The summed E-state index contributed by atoms with van der Waals surface area (Å²) < 4.78 is 16.6. The summed E-state index contributed by atoms with van der Waals surface area (Å²) in [5.74, 6) is 2.28. The molecule has 1 aliphatic heterocycles. The van der Waals surface area contributed by atoms with E-state index in [1.54, 1.807) is 7.11 Å². The lowest BCUT2D eigenvalue weighted by Gasteiger charge is -2.27. The Morgan fingerprint density at radius 2 is 2.19 bits per heavy atom. The number of hydrogen-bond acceptors (Lipinski definition) is 6. The van der Waals surface area contributed by atoms with Crippen LogP contribution in [0, 0.1) is 5.92 Å². The van der Waals surface area contributed by atoms with Crippen molar-refractivity contribution in [3.8, 4) is 17.4 Å². The Labute approximate surface area is 151 Å². The molecule has 2 aromatic rings. The number of ether oxygens (including phenoxy) is 3. The molecule has 1 N–H and O–H groups in total. The van der Waals surface area contributed by atoms with Crippen LogP contribution in [-0.4, -0.2) is 42.2 Å². The van der Waals surface area contributed by atoms with Crippen molar-refractivity contribution in [1.82, 2.24) is 15.3 Å². The Morgan fingerprint density at radius 1 is 1.31 bits per heavy atom. The third-order valence-electron chi connectivity index (χ3n) is 4.54. The maximum atomic E-state index is 12.4. The molecule has 1 atom stereocenters. The van der Waals surface area contributed by atoms with Crippen LogP contribution in [0.4, 0.5) is 0 Å². The van der Waals surface area contributed by atoms with E-state index < -0.39 is 0 Å². The molecule has 7 heteroatoms. The molecule has 1 saturated carbocycles. The summed E-state index contributed by atoms with van der Waals surface area (Å²) in [6, 6.07) is 5.62. The highest BCUT2D eigenvalue weighted by Crippen LogP contribution is 2.34. The van der Waals surface area contributed by atoms with Crippen molar-refractivity contribution in [3.05, 3.63) is 41.9 Å². The molecule has 0 spiro atoms. The van der Waals surface area contributed by atoms with E-state index in [-0.39, 0.29) is 17.6 Å². The number of carbonyl (C=O) groups excluding carboxylic acids is 1. The van der Waals surface area contributed by atoms with Crippen molar-refractivity contribution in [3.63, 3.8) is 0 Å². The number of nitrogens with one attached hydrogen (secondary N) is 1. The summed E-state index contributed by atoms with van der Waals surface area (Å²) in [4.78, 5) is 20.7. The van der Waals surface area contributed by atoms with Crippen molar-refractivity contribution >= 4 is 5.91 Å². The fraction of sp³-hybridized carbons (Fsp3) is 0.421. The van der Waals surface area contributed by atoms with Crippen LogP contribution in [0.5, 0.6) is 17.4 Å². The van der Waals surface area contributed by atoms with Crippen molar-refractivity contribution in [2.75, 3.05) is 20.3 Å². The molecular formula is C19H21N3O4. The zero-order valence-electron chi connectivity index (χ0n) is 14.6. The number of methoxy groups -OCH3 is 1. The van der Waals surface area contributed by atoms with E-state index >= 15 is 0 Å². The number of amides is 1. The van der Waals surface area contributed by atoms with Gasteiger partial charge in [0.05, 0.1) is 32.2 Å². The number of rotatable bonds is 6. The smallest absolute Gasteiger partial charge is 0.271 e. The minimum atomic E-state index is -0.272. The van der Waals surface area contributed by atoms with Gasteiger partial charge in [-0.05, 0) is 31.2 Å². The maximum Gasteiger partial charge on any atom is 0.271 e. The molecule has 1 unspecified atom stereocenters. The van der Waals surface area contributed by atoms with Crippen molar-refractivity contribution in [2.45, 2.75) is 25.3 Å². The van der Waals surface area contributed by atoms with Gasteiger partial charge in [0.1, 0.15) is 12.3 Å². The van der Waals surface area contributed by atoms with Crippen molar-refractivity contribution in [1.29, 1.82) is 0 Å². The Balaban J connectivity index is 1.35. The van der Waals surface area contributed by atoms with E-state index in [1.807, 2.05) is 18.2 Å². The molecule has 1 amide bonds. The molecule has 0 radical (unpaired) electrons. The number of hydrogen-bond donors (Lipinski definition) is 1. The lowest BCUT2D eigenvalue weighted by Crippen LogP contribution is -2.43. The van der Waals surface area contributed by atoms with Gasteiger partial charge in [0.15, 0.2) is 11.5 Å². The topological polar surface area (TPSA) is 82.6 Å². The summed E-state index contributed by atoms with van der Waals surface area (Å²) in [5.41, 5.74) is 1.27. The third kappa shape index (κ3) is 3.71. The first-order valence-corrected chi connectivity index (χ1v) is 8.77. The SMILES string of the molecule is COc1cccc2c1OCC(NC(=O)c1cnc(OCC3CC3)cn1)C2. The van der Waals surface area contributed by atoms with Crippen LogP contribution in [0.25, 0.3) is 0 Å². The number of fused-ring (bicyclic) bond motifs is 1. The van der Waals surface area contributed by atoms with Gasteiger partial charge < -0.3 is 19.5 Å². The summed E-state index contributed by atoms with van der Waals surface area (Å²) in [6.07, 6.45) is 6.04. The predicted molar refractivity (Wildman–Crippen MR) is 93.7 cm³/mol. The number of para-hydroxylation sites is 1. The van der Waals surface area contributed by atoms with Crippen LogP contribution in [-0.2, 0) is 6.42 Å². The molecule has 0 saturated heterocycles. The first kappa shape index (κ1) is 16.6. The van der Waals surface area contributed by atoms with Crippen molar-refractivity contribution < 1.29 is 19.0 Å². The Bertz CT molecular complexity index is 790. The van der Waals surface area contributed by atoms with Gasteiger partial charge in [0.25, 0.3) is 5.91 Å². The van der Waals surface area contributed by atoms with Crippen LogP contribution < -0.4 is 19.5 Å². The highest BCUT2D eigenvalue weighted by Gasteiger charge is 2.25. The van der Waals surface area contributed by atoms with Gasteiger partial charge in [-0.1, -0.05) is 12.1 Å². The predicted octanol–water partition coefficient (Wildman–Crippen LogP) is 2.01. The van der Waals surface area contributed by atoms with E-state index in [0.29, 0.717) is 37.2 Å². The van der Waals surface area contributed by atoms with Gasteiger partial charge in [0.2, 0.25) is 5.88 Å². The number of aromatic nitrogens is 2. The molecule has 136 valence electrons. The zero-order chi connectivity index (χ0) is 17.9. The van der Waals surface area contributed by atoms with Gasteiger partial charge >= 0.3 is 0 Å². The van der Waals surface area contributed by atoms with E-state index in [1.165, 1.54) is 25.2 Å². The largest absolute Gasteiger partial charge is 0.493 e. The fourth-order valence-corrected chi connectivity index (χ4v) is 2.90. The van der Waals surface area contributed by atoms with Crippen molar-refractivity contribution in [2.24, 2.45) is 5.92 Å². The molecule has 1 aliphatic carbocycles. The summed E-state index contributed by atoms with van der Waals surface area (Å²) >= 11 is 0. The number of nitrogens with zero attached hydrogens (tertiary/aromatic N) is 2. The average molecular weight is 355 g/mol. The Morgan fingerprint density at radius 3 is 2.92 bits per heavy atom. The maximum absolute atomic E-state index is 12.4. The van der Waals surface area contributed by atoms with Crippen LogP contribution in [0.1, 0.15) is 28.9 Å². The van der Waals surface area contributed by atoms with Crippen LogP contribution in [0.15, 0.2) is 30.6 Å². The average Bonchev–Trinajstić information content (AvgIpc) is 3.50. The first-order chi connectivity index (χ1) is 12.7. The molecule has 1 fully saturated rings. The molecular weight excluding hydrogens is 334 g/mol. The molecule has 7 nitrogen and oxygen atoms in total. The highest BCUT2D eigenvalue weighted by atomic mass is 16.5. The highest BCUT2D eigenvalue weighted by molar-refractivity contribution is 5.92. The molecule has 4 rings (SSSR count). The zero-order valence-corrected chi connectivity index (χ0v) is 14.6. The lowest BCUT2D eigenvalue weighted by atomic mass is 10.0. The Kier molecular flexibility index (Phi) is 4.60. The van der Waals surface area contributed by atoms with E-state index in [4.69, 9.17) is 14.2 Å². The van der Waals surface area contributed by atoms with Crippen LogP contribution in [0.2, 0.25) is 0 Å². The summed E-state index contributed by atoms with van der Waals surface area (Å²) in [7, 11) is 1.61. The molecule has 2 aliphatic rings. The second kappa shape index (κ2) is 7.19. The van der Waals surface area contributed by atoms with E-state index in [9.17, 15) is 4.79 Å². The standard InChI is InChI=1S/C19H21N3O4/c1-24-16-4-2-3-13-7-14(11-26-18(13)16)22-19(23)15-8-21-17(9-20-15)25-10-12-5-6-12/h2-4,8-9,12,14H,5-7,10-11H2,1H3,(H,22,23). The van der Waals surface area contributed by atoms with Gasteiger partial charge in [-0.2, -0.15) is 0 Å². The minimum Gasteiger partial charge on any atom is -0.493 e.